The summed E-state index contributed by atoms with van der Waals surface area (Å²) in [6.45, 7) is 2.09. The van der Waals surface area contributed by atoms with Gasteiger partial charge < -0.3 is 15.5 Å². The topological polar surface area (TPSA) is 82.8 Å². The van der Waals surface area contributed by atoms with E-state index in [1.165, 1.54) is 11.0 Å². The molecule has 1 fully saturated rings. The first-order valence-corrected chi connectivity index (χ1v) is 12.2. The number of nitrogens with two attached hydrogens (primary N) is 1. The summed E-state index contributed by atoms with van der Waals surface area (Å²) in [6.07, 6.45) is 1.72. The molecule has 4 rings (SSSR count). The number of aromatic nitrogens is 1. The molecule has 0 spiro atoms. The maximum absolute atomic E-state index is 14.0. The van der Waals surface area contributed by atoms with Crippen LogP contribution in [0, 0.1) is 5.82 Å². The van der Waals surface area contributed by atoms with Gasteiger partial charge in [0.05, 0.1) is 21.2 Å². The predicted molar refractivity (Wildman–Crippen MR) is 134 cm³/mol. The smallest absolute Gasteiger partial charge is 0.254 e. The second-order valence-electron chi connectivity index (χ2n) is 8.13. The van der Waals surface area contributed by atoms with Crippen LogP contribution in [-0.2, 0) is 11.0 Å². The van der Waals surface area contributed by atoms with E-state index in [2.05, 4.69) is 4.98 Å². The largest absolute Gasteiger partial charge is 0.396 e. The van der Waals surface area contributed by atoms with Crippen molar-refractivity contribution in [2.24, 2.45) is 0 Å². The van der Waals surface area contributed by atoms with E-state index in [1.807, 2.05) is 17.0 Å². The fraction of sp³-hybridized carbons (Fsp3) is 0.250. The summed E-state index contributed by atoms with van der Waals surface area (Å²) in [7, 11) is 1.79. The van der Waals surface area contributed by atoms with Crippen LogP contribution in [0.1, 0.15) is 10.4 Å². The lowest BCUT2D eigenvalue weighted by atomic mass is 10.0. The molecule has 2 N–H and O–H groups in total. The van der Waals surface area contributed by atoms with Crippen LogP contribution in [0.15, 0.2) is 59.6 Å². The van der Waals surface area contributed by atoms with Gasteiger partial charge in [0.25, 0.3) is 5.91 Å². The third-order valence-electron chi connectivity index (χ3n) is 5.63. The molecule has 1 atom stereocenters. The predicted octanol–water partition coefficient (Wildman–Crippen LogP) is 3.67. The number of hydrogen-bond acceptors (Lipinski definition) is 5. The van der Waals surface area contributed by atoms with E-state index < -0.39 is 16.8 Å². The molecule has 0 radical (unpaired) electrons. The summed E-state index contributed by atoms with van der Waals surface area (Å²) in [4.78, 5) is 20.5. The van der Waals surface area contributed by atoms with Crippen molar-refractivity contribution in [3.63, 3.8) is 0 Å². The van der Waals surface area contributed by atoms with Gasteiger partial charge >= 0.3 is 0 Å². The number of anilines is 2. The number of pyridine rings is 1. The van der Waals surface area contributed by atoms with E-state index in [0.29, 0.717) is 48.3 Å². The summed E-state index contributed by atoms with van der Waals surface area (Å²) >= 11 is 6.34. The zero-order valence-electron chi connectivity index (χ0n) is 18.9. The molecule has 1 amide bonds. The van der Waals surface area contributed by atoms with E-state index in [0.717, 1.165) is 11.1 Å². The quantitative estimate of drug-likeness (QED) is 0.577. The summed E-state index contributed by atoms with van der Waals surface area (Å²) < 4.78 is 28.5. The Morgan fingerprint density at radius 2 is 1.79 bits per heavy atom. The Labute approximate surface area is 205 Å². The van der Waals surface area contributed by atoms with Crippen molar-refractivity contribution in [3.8, 4) is 11.1 Å². The van der Waals surface area contributed by atoms with E-state index in [1.54, 1.807) is 54.9 Å². The van der Waals surface area contributed by atoms with Crippen LogP contribution in [0.3, 0.4) is 0 Å². The number of halogens is 2. The Morgan fingerprint density at radius 1 is 1.09 bits per heavy atom. The zero-order valence-corrected chi connectivity index (χ0v) is 20.4. The first-order chi connectivity index (χ1) is 16.3. The normalized spacial score (nSPS) is 15.2. The highest BCUT2D eigenvalue weighted by Gasteiger charge is 2.25. The van der Waals surface area contributed by atoms with Crippen molar-refractivity contribution in [3.05, 3.63) is 71.1 Å². The standard InChI is InChI=1S/C24H25ClFN5O2S/c1-29(2)24(32)18-8-7-16(13-19(18)25)17-14-21(27)23(28-15-17)30-9-11-31(12-10-30)34(33)22-6-4-3-5-20(22)26/h3-8,13-15H,9-12,27H2,1-2H3. The van der Waals surface area contributed by atoms with Gasteiger partial charge in [-0.05, 0) is 35.9 Å². The van der Waals surface area contributed by atoms with Crippen LogP contribution in [0.5, 0.6) is 0 Å². The molecular weight excluding hydrogens is 477 g/mol. The Morgan fingerprint density at radius 3 is 2.41 bits per heavy atom. The van der Waals surface area contributed by atoms with Crippen LogP contribution >= 0.6 is 11.6 Å². The third kappa shape index (κ3) is 4.91. The fourth-order valence-electron chi connectivity index (χ4n) is 3.80. The van der Waals surface area contributed by atoms with Gasteiger partial charge in [0, 0.05) is 52.0 Å². The minimum absolute atomic E-state index is 0.167. The maximum Gasteiger partial charge on any atom is 0.254 e. The molecule has 3 aromatic rings. The van der Waals surface area contributed by atoms with Gasteiger partial charge in [-0.25, -0.2) is 17.9 Å². The number of benzene rings is 2. The van der Waals surface area contributed by atoms with Gasteiger partial charge in [-0.15, -0.1) is 0 Å². The summed E-state index contributed by atoms with van der Waals surface area (Å²) in [5, 5.41) is 0.359. The lowest BCUT2D eigenvalue weighted by molar-refractivity contribution is 0.0828. The van der Waals surface area contributed by atoms with Crippen molar-refractivity contribution in [2.45, 2.75) is 4.90 Å². The Balaban J connectivity index is 1.46. The van der Waals surface area contributed by atoms with Crippen molar-refractivity contribution in [1.29, 1.82) is 0 Å². The van der Waals surface area contributed by atoms with Crippen LogP contribution in [0.25, 0.3) is 11.1 Å². The van der Waals surface area contributed by atoms with Crippen molar-refractivity contribution >= 4 is 40.0 Å². The van der Waals surface area contributed by atoms with Gasteiger partial charge in [0.2, 0.25) is 0 Å². The number of hydrogen-bond donors (Lipinski definition) is 1. The molecule has 0 aliphatic carbocycles. The Bertz CT molecular complexity index is 1250. The number of nitrogen functional groups attached to an aromatic ring is 1. The molecule has 2 aromatic carbocycles. The van der Waals surface area contributed by atoms with Gasteiger partial charge in [-0.2, -0.15) is 0 Å². The summed E-state index contributed by atoms with van der Waals surface area (Å²) in [6, 6.07) is 13.2. The van der Waals surface area contributed by atoms with Crippen LogP contribution in [0.2, 0.25) is 5.02 Å². The molecule has 1 aliphatic rings. The van der Waals surface area contributed by atoms with E-state index >= 15 is 0 Å². The lowest BCUT2D eigenvalue weighted by Crippen LogP contribution is -2.47. The van der Waals surface area contributed by atoms with Crippen molar-refractivity contribution in [1.82, 2.24) is 14.2 Å². The Kier molecular flexibility index (Phi) is 7.16. The van der Waals surface area contributed by atoms with Gasteiger partial charge in [-0.3, -0.25) is 4.79 Å². The third-order valence-corrected chi connectivity index (χ3v) is 7.49. The minimum Gasteiger partial charge on any atom is -0.396 e. The highest BCUT2D eigenvalue weighted by atomic mass is 35.5. The second kappa shape index (κ2) is 10.1. The van der Waals surface area contributed by atoms with Crippen LogP contribution in [0.4, 0.5) is 15.9 Å². The van der Waals surface area contributed by atoms with Crippen molar-refractivity contribution < 1.29 is 13.4 Å². The first-order valence-electron chi connectivity index (χ1n) is 10.7. The highest BCUT2D eigenvalue weighted by Crippen LogP contribution is 2.31. The maximum atomic E-state index is 14.0. The number of nitrogens with zero attached hydrogens (tertiary/aromatic N) is 4. The molecule has 7 nitrogen and oxygen atoms in total. The van der Waals surface area contributed by atoms with Crippen LogP contribution in [-0.4, -0.2) is 64.6 Å². The number of carbonyl (C=O) groups excluding carboxylic acids is 1. The molecule has 34 heavy (non-hydrogen) atoms. The van der Waals surface area contributed by atoms with Crippen molar-refractivity contribution in [2.75, 3.05) is 50.9 Å². The van der Waals surface area contributed by atoms with Gasteiger partial charge in [0.1, 0.15) is 16.8 Å². The monoisotopic (exact) mass is 501 g/mol. The van der Waals surface area contributed by atoms with E-state index in [9.17, 15) is 13.4 Å². The number of carbonyl (C=O) groups is 1. The zero-order chi connectivity index (χ0) is 24.4. The molecule has 0 bridgehead atoms. The Hall–Kier alpha value is -3.01. The molecular formula is C24H25ClFN5O2S. The van der Waals surface area contributed by atoms with Gasteiger partial charge in [-0.1, -0.05) is 29.8 Å². The van der Waals surface area contributed by atoms with E-state index in [4.69, 9.17) is 17.3 Å². The number of amides is 1. The summed E-state index contributed by atoms with van der Waals surface area (Å²) in [5.74, 6) is 0.00849. The second-order valence-corrected chi connectivity index (χ2v) is 9.99. The average molecular weight is 502 g/mol. The highest BCUT2D eigenvalue weighted by molar-refractivity contribution is 7.82. The molecule has 0 saturated carbocycles. The number of rotatable bonds is 5. The molecule has 1 unspecified atom stereocenters. The molecule has 1 aliphatic heterocycles. The van der Waals surface area contributed by atoms with Gasteiger partial charge in [0.15, 0.2) is 5.82 Å². The average Bonchev–Trinajstić information content (AvgIpc) is 2.83. The molecule has 178 valence electrons. The SMILES string of the molecule is CN(C)C(=O)c1ccc(-c2cnc(N3CCN(S(=O)c4ccccc4F)CC3)c(N)c2)cc1Cl. The lowest BCUT2D eigenvalue weighted by Gasteiger charge is -2.35. The molecule has 1 aromatic heterocycles. The molecule has 10 heteroatoms. The molecule has 2 heterocycles. The number of piperazine rings is 1. The minimum atomic E-state index is -1.56. The fourth-order valence-corrected chi connectivity index (χ4v) is 5.26. The summed E-state index contributed by atoms with van der Waals surface area (Å²) in [5.41, 5.74) is 8.85. The van der Waals surface area contributed by atoms with Crippen LogP contribution < -0.4 is 10.6 Å². The first kappa shape index (κ1) is 24.1. The van der Waals surface area contributed by atoms with E-state index in [-0.39, 0.29) is 10.8 Å². The molecule has 1 saturated heterocycles.